The monoisotopic (exact) mass is 367 g/mol. The molecule has 2 N–H and O–H groups in total. The summed E-state index contributed by atoms with van der Waals surface area (Å²) < 4.78 is 5.27. The summed E-state index contributed by atoms with van der Waals surface area (Å²) in [6.45, 7) is 3.08. The van der Waals surface area contributed by atoms with E-state index >= 15 is 0 Å². The topological polar surface area (TPSA) is 70.7 Å². The molecule has 6 nitrogen and oxygen atoms in total. The number of carbonyl (C=O) groups is 2. The van der Waals surface area contributed by atoms with E-state index in [-0.39, 0.29) is 17.9 Å². The maximum atomic E-state index is 12.6. The third-order valence-corrected chi connectivity index (χ3v) is 4.90. The number of nitrogens with one attached hydrogen (secondary N) is 2. The summed E-state index contributed by atoms with van der Waals surface area (Å²) >= 11 is 0. The van der Waals surface area contributed by atoms with Crippen molar-refractivity contribution in [1.82, 2.24) is 4.90 Å². The highest BCUT2D eigenvalue weighted by Crippen LogP contribution is 2.26. The number of methoxy groups -OCH3 is 1. The Labute approximate surface area is 159 Å². The van der Waals surface area contributed by atoms with Gasteiger partial charge in [-0.3, -0.25) is 4.79 Å². The van der Waals surface area contributed by atoms with E-state index in [4.69, 9.17) is 4.74 Å². The van der Waals surface area contributed by atoms with E-state index in [1.54, 1.807) is 12.0 Å². The molecule has 1 aliphatic heterocycles. The van der Waals surface area contributed by atoms with Crippen molar-refractivity contribution in [2.75, 3.05) is 30.8 Å². The average molecular weight is 367 g/mol. The highest BCUT2D eigenvalue weighted by atomic mass is 16.5. The number of hydrogen-bond donors (Lipinski definition) is 2. The lowest BCUT2D eigenvalue weighted by molar-refractivity contribution is -0.121. The van der Waals surface area contributed by atoms with Crippen LogP contribution in [0, 0.1) is 12.8 Å². The Bertz CT molecular complexity index is 814. The number of likely N-dealkylation sites (tertiary alicyclic amines) is 1. The van der Waals surface area contributed by atoms with Crippen molar-refractivity contribution in [3.8, 4) is 5.75 Å². The number of benzene rings is 2. The Morgan fingerprint density at radius 3 is 2.26 bits per heavy atom. The van der Waals surface area contributed by atoms with Gasteiger partial charge >= 0.3 is 6.03 Å². The van der Waals surface area contributed by atoms with Crippen LogP contribution in [0.15, 0.2) is 48.5 Å². The Morgan fingerprint density at radius 2 is 1.59 bits per heavy atom. The number of urea groups is 1. The fourth-order valence-electron chi connectivity index (χ4n) is 3.23. The van der Waals surface area contributed by atoms with E-state index in [2.05, 4.69) is 10.6 Å². The van der Waals surface area contributed by atoms with Crippen LogP contribution >= 0.6 is 0 Å². The molecule has 1 fully saturated rings. The van der Waals surface area contributed by atoms with Gasteiger partial charge in [-0.05, 0) is 43.5 Å². The van der Waals surface area contributed by atoms with Crippen LogP contribution in [0.5, 0.6) is 5.75 Å². The number of rotatable bonds is 4. The lowest BCUT2D eigenvalue weighted by Gasteiger charge is -2.31. The molecule has 0 saturated carbocycles. The van der Waals surface area contributed by atoms with Gasteiger partial charge in [0.25, 0.3) is 0 Å². The first-order chi connectivity index (χ1) is 13.1. The summed E-state index contributed by atoms with van der Waals surface area (Å²) in [5.74, 6) is 0.497. The molecule has 0 unspecified atom stereocenters. The molecular formula is C21H25N3O3. The van der Waals surface area contributed by atoms with Gasteiger partial charge in [0.05, 0.1) is 12.8 Å². The van der Waals surface area contributed by atoms with Crippen LogP contribution in [-0.2, 0) is 4.79 Å². The van der Waals surface area contributed by atoms with Crippen LogP contribution < -0.4 is 15.4 Å². The number of hydrogen-bond acceptors (Lipinski definition) is 3. The second-order valence-electron chi connectivity index (χ2n) is 6.70. The van der Waals surface area contributed by atoms with Gasteiger partial charge in [0.15, 0.2) is 0 Å². The van der Waals surface area contributed by atoms with Crippen molar-refractivity contribution in [3.63, 3.8) is 0 Å². The van der Waals surface area contributed by atoms with E-state index in [1.807, 2.05) is 55.5 Å². The number of para-hydroxylation sites is 3. The molecule has 3 rings (SSSR count). The Balaban J connectivity index is 1.53. The molecule has 6 heteroatoms. The van der Waals surface area contributed by atoms with Gasteiger partial charge in [0.2, 0.25) is 5.91 Å². The number of anilines is 2. The third kappa shape index (κ3) is 4.58. The van der Waals surface area contributed by atoms with Crippen LogP contribution in [0.1, 0.15) is 18.4 Å². The first-order valence-corrected chi connectivity index (χ1v) is 9.14. The Kier molecular flexibility index (Phi) is 5.96. The summed E-state index contributed by atoms with van der Waals surface area (Å²) in [6, 6.07) is 14.9. The first-order valence-electron chi connectivity index (χ1n) is 9.14. The van der Waals surface area contributed by atoms with Crippen LogP contribution in [0.25, 0.3) is 0 Å². The number of aryl methyl sites for hydroxylation is 1. The maximum absolute atomic E-state index is 12.6. The van der Waals surface area contributed by atoms with Crippen LogP contribution in [0.4, 0.5) is 16.2 Å². The fourth-order valence-corrected chi connectivity index (χ4v) is 3.23. The highest BCUT2D eigenvalue weighted by Gasteiger charge is 2.28. The average Bonchev–Trinajstić information content (AvgIpc) is 2.70. The van der Waals surface area contributed by atoms with E-state index in [1.165, 1.54) is 0 Å². The molecule has 0 spiro atoms. The molecule has 142 valence electrons. The van der Waals surface area contributed by atoms with Crippen molar-refractivity contribution in [3.05, 3.63) is 54.1 Å². The van der Waals surface area contributed by atoms with Gasteiger partial charge in [-0.25, -0.2) is 4.79 Å². The van der Waals surface area contributed by atoms with E-state index < -0.39 is 0 Å². The van der Waals surface area contributed by atoms with Crippen LogP contribution in [0.3, 0.4) is 0 Å². The summed E-state index contributed by atoms with van der Waals surface area (Å²) in [6.07, 6.45) is 1.28. The van der Waals surface area contributed by atoms with Crippen molar-refractivity contribution in [2.45, 2.75) is 19.8 Å². The zero-order valence-electron chi connectivity index (χ0n) is 15.7. The molecule has 2 aromatic rings. The zero-order chi connectivity index (χ0) is 19.2. The standard InChI is InChI=1S/C21H25N3O3/c1-15-7-3-4-8-17(15)23-21(26)24-13-11-16(12-14-24)20(25)22-18-9-5-6-10-19(18)27-2/h3-10,16H,11-14H2,1-2H3,(H,22,25)(H,23,26). The predicted molar refractivity (Wildman–Crippen MR) is 106 cm³/mol. The van der Waals surface area contributed by atoms with Crippen LogP contribution in [-0.4, -0.2) is 37.0 Å². The largest absolute Gasteiger partial charge is 0.495 e. The van der Waals surface area contributed by atoms with Gasteiger partial charge < -0.3 is 20.3 Å². The quantitative estimate of drug-likeness (QED) is 0.861. The minimum Gasteiger partial charge on any atom is -0.495 e. The SMILES string of the molecule is COc1ccccc1NC(=O)C1CCN(C(=O)Nc2ccccc2C)CC1. The Hall–Kier alpha value is -3.02. The van der Waals surface area contributed by atoms with Gasteiger partial charge in [-0.15, -0.1) is 0 Å². The van der Waals surface area contributed by atoms with Gasteiger partial charge in [-0.1, -0.05) is 30.3 Å². The second-order valence-corrected chi connectivity index (χ2v) is 6.70. The highest BCUT2D eigenvalue weighted by molar-refractivity contribution is 5.94. The van der Waals surface area contributed by atoms with E-state index in [9.17, 15) is 9.59 Å². The molecule has 0 aromatic heterocycles. The van der Waals surface area contributed by atoms with Crippen molar-refractivity contribution >= 4 is 23.3 Å². The van der Waals surface area contributed by atoms with Gasteiger partial charge in [0, 0.05) is 24.7 Å². The number of carbonyl (C=O) groups excluding carboxylic acids is 2. The summed E-state index contributed by atoms with van der Waals surface area (Å²) in [5, 5.41) is 5.89. The number of piperidine rings is 1. The summed E-state index contributed by atoms with van der Waals surface area (Å²) in [4.78, 5) is 26.8. The van der Waals surface area contributed by atoms with E-state index in [0.717, 1.165) is 11.3 Å². The molecule has 1 saturated heterocycles. The third-order valence-electron chi connectivity index (χ3n) is 4.90. The normalized spacial score (nSPS) is 14.5. The van der Waals surface area contributed by atoms with Gasteiger partial charge in [-0.2, -0.15) is 0 Å². The summed E-state index contributed by atoms with van der Waals surface area (Å²) in [7, 11) is 1.58. The number of amides is 3. The maximum Gasteiger partial charge on any atom is 0.321 e. The molecule has 2 aromatic carbocycles. The number of nitrogens with zero attached hydrogens (tertiary/aromatic N) is 1. The van der Waals surface area contributed by atoms with Crippen molar-refractivity contribution in [1.29, 1.82) is 0 Å². The van der Waals surface area contributed by atoms with Crippen molar-refractivity contribution in [2.24, 2.45) is 5.92 Å². The second kappa shape index (κ2) is 8.58. The van der Waals surface area contributed by atoms with Crippen molar-refractivity contribution < 1.29 is 14.3 Å². The Morgan fingerprint density at radius 1 is 0.963 bits per heavy atom. The van der Waals surface area contributed by atoms with Crippen LogP contribution in [0.2, 0.25) is 0 Å². The molecule has 0 bridgehead atoms. The minimum atomic E-state index is -0.118. The molecule has 0 aliphatic carbocycles. The molecule has 27 heavy (non-hydrogen) atoms. The molecule has 0 atom stereocenters. The van der Waals surface area contributed by atoms with Gasteiger partial charge in [0.1, 0.15) is 5.75 Å². The molecular weight excluding hydrogens is 342 g/mol. The fraction of sp³-hybridized carbons (Fsp3) is 0.333. The predicted octanol–water partition coefficient (Wildman–Crippen LogP) is 3.89. The molecule has 1 aliphatic rings. The minimum absolute atomic E-state index is 0.0292. The zero-order valence-corrected chi connectivity index (χ0v) is 15.7. The van der Waals surface area contributed by atoms with E-state index in [0.29, 0.717) is 37.4 Å². The first kappa shape index (κ1) is 18.8. The smallest absolute Gasteiger partial charge is 0.321 e. The summed E-state index contributed by atoms with van der Waals surface area (Å²) in [5.41, 5.74) is 2.51. The molecule has 3 amide bonds. The lowest BCUT2D eigenvalue weighted by atomic mass is 9.96. The lowest BCUT2D eigenvalue weighted by Crippen LogP contribution is -2.43. The molecule has 0 radical (unpaired) electrons. The number of ether oxygens (including phenoxy) is 1. The molecule has 1 heterocycles.